The SMILES string of the molecule is CC.CN1CCN(c2ccc3cncc(-n4c(=O)[nH]c5cc(-c6ccccc6Cl)sc5c4=O)c3c2)CC1. The normalized spacial score (nSPS) is 14.1. The fourth-order valence-electron chi connectivity index (χ4n) is 4.60. The van der Waals surface area contributed by atoms with Crippen molar-refractivity contribution in [1.29, 1.82) is 0 Å². The molecule has 4 heterocycles. The van der Waals surface area contributed by atoms with Crippen molar-refractivity contribution < 1.29 is 0 Å². The highest BCUT2D eigenvalue weighted by atomic mass is 35.5. The van der Waals surface area contributed by atoms with Crippen molar-refractivity contribution in [3.8, 4) is 16.1 Å². The first-order valence-electron chi connectivity index (χ1n) is 12.3. The summed E-state index contributed by atoms with van der Waals surface area (Å²) in [6, 6.07) is 15.4. The third-order valence-corrected chi connectivity index (χ3v) is 8.03. The first kappa shape index (κ1) is 25.2. The highest BCUT2D eigenvalue weighted by molar-refractivity contribution is 7.22. The second-order valence-electron chi connectivity index (χ2n) is 8.76. The molecule has 1 saturated heterocycles. The average Bonchev–Trinajstić information content (AvgIpc) is 3.34. The number of piperazine rings is 1. The summed E-state index contributed by atoms with van der Waals surface area (Å²) in [6.07, 6.45) is 3.34. The van der Waals surface area contributed by atoms with E-state index in [0.29, 0.717) is 20.9 Å². The van der Waals surface area contributed by atoms with Crippen LogP contribution in [-0.2, 0) is 0 Å². The number of aromatic amines is 1. The molecule has 7 nitrogen and oxygen atoms in total. The van der Waals surface area contributed by atoms with Crippen molar-refractivity contribution in [2.24, 2.45) is 0 Å². The lowest BCUT2D eigenvalue weighted by atomic mass is 10.1. The lowest BCUT2D eigenvalue weighted by molar-refractivity contribution is 0.313. The fraction of sp³-hybridized carbons (Fsp3) is 0.250. The molecule has 0 saturated carbocycles. The van der Waals surface area contributed by atoms with Crippen LogP contribution in [0.3, 0.4) is 0 Å². The molecule has 1 N–H and O–H groups in total. The maximum atomic E-state index is 13.6. The molecule has 37 heavy (non-hydrogen) atoms. The number of benzene rings is 2. The number of anilines is 1. The maximum Gasteiger partial charge on any atom is 0.333 e. The van der Waals surface area contributed by atoms with E-state index in [-0.39, 0.29) is 5.56 Å². The van der Waals surface area contributed by atoms with Crippen LogP contribution in [-0.4, -0.2) is 52.7 Å². The Hall–Kier alpha value is -3.46. The summed E-state index contributed by atoms with van der Waals surface area (Å²) in [5.74, 6) is 0. The van der Waals surface area contributed by atoms with Gasteiger partial charge < -0.3 is 14.8 Å². The minimum Gasteiger partial charge on any atom is -0.369 e. The van der Waals surface area contributed by atoms with Gasteiger partial charge in [0.1, 0.15) is 4.70 Å². The minimum absolute atomic E-state index is 0.369. The zero-order valence-electron chi connectivity index (χ0n) is 21.0. The third-order valence-electron chi connectivity index (χ3n) is 6.55. The second kappa shape index (κ2) is 10.5. The molecule has 0 amide bonds. The number of hydrogen-bond acceptors (Lipinski definition) is 6. The molecule has 9 heteroatoms. The van der Waals surface area contributed by atoms with E-state index in [1.54, 1.807) is 18.5 Å². The monoisotopic (exact) mass is 533 g/mol. The molecule has 6 rings (SSSR count). The van der Waals surface area contributed by atoms with Gasteiger partial charge >= 0.3 is 5.69 Å². The Morgan fingerprint density at radius 3 is 2.49 bits per heavy atom. The van der Waals surface area contributed by atoms with Crippen molar-refractivity contribution in [3.05, 3.63) is 86.8 Å². The van der Waals surface area contributed by atoms with E-state index in [4.69, 9.17) is 11.6 Å². The molecule has 0 radical (unpaired) electrons. The molecule has 190 valence electrons. The number of rotatable bonds is 3. The number of nitrogens with zero attached hydrogens (tertiary/aromatic N) is 4. The zero-order chi connectivity index (χ0) is 26.1. The van der Waals surface area contributed by atoms with Crippen molar-refractivity contribution in [3.63, 3.8) is 0 Å². The fourth-order valence-corrected chi connectivity index (χ4v) is 5.97. The highest BCUT2D eigenvalue weighted by Gasteiger charge is 2.19. The smallest absolute Gasteiger partial charge is 0.333 e. The number of aromatic nitrogens is 3. The minimum atomic E-state index is -0.495. The Morgan fingerprint density at radius 1 is 0.973 bits per heavy atom. The van der Waals surface area contributed by atoms with Gasteiger partial charge in [-0.2, -0.15) is 0 Å². The van der Waals surface area contributed by atoms with Crippen LogP contribution in [0, 0.1) is 0 Å². The maximum absolute atomic E-state index is 13.6. The van der Waals surface area contributed by atoms with Crippen LogP contribution in [0.5, 0.6) is 0 Å². The summed E-state index contributed by atoms with van der Waals surface area (Å²) in [7, 11) is 2.12. The van der Waals surface area contributed by atoms with Crippen molar-refractivity contribution in [1.82, 2.24) is 19.4 Å². The Labute approximate surface area is 223 Å². The molecule has 0 bridgehead atoms. The van der Waals surface area contributed by atoms with Crippen LogP contribution in [0.4, 0.5) is 5.69 Å². The first-order valence-corrected chi connectivity index (χ1v) is 13.5. The van der Waals surface area contributed by atoms with Gasteiger partial charge in [0, 0.05) is 64.3 Å². The Bertz CT molecular complexity index is 1700. The largest absolute Gasteiger partial charge is 0.369 e. The van der Waals surface area contributed by atoms with Crippen molar-refractivity contribution in [2.45, 2.75) is 13.8 Å². The lowest BCUT2D eigenvalue weighted by Crippen LogP contribution is -2.44. The quantitative estimate of drug-likeness (QED) is 0.337. The third kappa shape index (κ3) is 4.68. The molecule has 1 aliphatic heterocycles. The molecule has 5 aromatic rings. The molecule has 1 fully saturated rings. The van der Waals surface area contributed by atoms with Crippen LogP contribution in [0.25, 0.3) is 37.1 Å². The number of halogens is 1. The van der Waals surface area contributed by atoms with Crippen LogP contribution in [0.1, 0.15) is 13.8 Å². The predicted molar refractivity (Wildman–Crippen MR) is 155 cm³/mol. The number of likely N-dealkylation sites (N-methyl/N-ethyl adjacent to an activating group) is 1. The van der Waals surface area contributed by atoms with E-state index in [1.807, 2.05) is 44.2 Å². The number of nitrogens with one attached hydrogen (secondary N) is 1. The van der Waals surface area contributed by atoms with Gasteiger partial charge in [-0.25, -0.2) is 9.36 Å². The van der Waals surface area contributed by atoms with E-state index in [9.17, 15) is 9.59 Å². The van der Waals surface area contributed by atoms with Crippen molar-refractivity contribution >= 4 is 49.6 Å². The van der Waals surface area contributed by atoms with E-state index in [2.05, 4.69) is 38.9 Å². The second-order valence-corrected chi connectivity index (χ2v) is 10.2. The van der Waals surface area contributed by atoms with Crippen LogP contribution < -0.4 is 16.1 Å². The number of pyridine rings is 1. The van der Waals surface area contributed by atoms with Gasteiger partial charge in [0.15, 0.2) is 0 Å². The summed E-state index contributed by atoms with van der Waals surface area (Å²) < 4.78 is 1.66. The molecule has 0 unspecified atom stereocenters. The zero-order valence-corrected chi connectivity index (χ0v) is 22.6. The summed E-state index contributed by atoms with van der Waals surface area (Å²) in [5.41, 5.74) is 2.00. The Morgan fingerprint density at radius 2 is 1.73 bits per heavy atom. The van der Waals surface area contributed by atoms with Crippen LogP contribution in [0.2, 0.25) is 5.02 Å². The first-order chi connectivity index (χ1) is 18.0. The lowest BCUT2D eigenvalue weighted by Gasteiger charge is -2.34. The summed E-state index contributed by atoms with van der Waals surface area (Å²) in [6.45, 7) is 7.83. The van der Waals surface area contributed by atoms with Crippen molar-refractivity contribution in [2.75, 3.05) is 38.1 Å². The molecule has 2 aromatic carbocycles. The molecule has 0 spiro atoms. The van der Waals surface area contributed by atoms with Gasteiger partial charge in [-0.3, -0.25) is 9.78 Å². The van der Waals surface area contributed by atoms with E-state index < -0.39 is 5.69 Å². The number of fused-ring (bicyclic) bond motifs is 2. The van der Waals surface area contributed by atoms with Gasteiger partial charge in [0.2, 0.25) is 0 Å². The standard InChI is InChI=1S/C26H22ClN5O2S.C2H6/c1-30-8-10-31(11-9-30)17-7-6-16-14-28-15-22(19(16)12-17)32-25(33)24-21(29-26(32)34)13-23(35-24)18-4-2-3-5-20(18)27;1-2/h2-7,12-15H,8-11H2,1H3,(H,29,34);1-2H3. The van der Waals surface area contributed by atoms with Gasteiger partial charge in [0.05, 0.1) is 17.4 Å². The molecular formula is C28H28ClN5O2S. The highest BCUT2D eigenvalue weighted by Crippen LogP contribution is 2.35. The molecular weight excluding hydrogens is 506 g/mol. The van der Waals surface area contributed by atoms with E-state index in [1.165, 1.54) is 15.9 Å². The molecule has 1 aliphatic rings. The van der Waals surface area contributed by atoms with Gasteiger partial charge in [-0.05, 0) is 31.3 Å². The average molecular weight is 534 g/mol. The summed E-state index contributed by atoms with van der Waals surface area (Å²) in [5, 5.41) is 2.28. The molecule has 0 atom stereocenters. The predicted octanol–water partition coefficient (Wildman–Crippen LogP) is 5.39. The van der Waals surface area contributed by atoms with E-state index >= 15 is 0 Å². The summed E-state index contributed by atoms with van der Waals surface area (Å²) >= 11 is 7.69. The Balaban J connectivity index is 0.00000137. The number of H-pyrrole nitrogens is 1. The van der Waals surface area contributed by atoms with E-state index in [0.717, 1.165) is 53.1 Å². The Kier molecular flexibility index (Phi) is 7.15. The topological polar surface area (TPSA) is 74.2 Å². The number of thiophene rings is 1. The molecule has 0 aliphatic carbocycles. The van der Waals surface area contributed by atoms with Crippen LogP contribution >= 0.6 is 22.9 Å². The van der Waals surface area contributed by atoms with Gasteiger partial charge in [0.25, 0.3) is 5.56 Å². The number of hydrogen-bond donors (Lipinski definition) is 1. The molecule has 3 aromatic heterocycles. The van der Waals surface area contributed by atoms with Gasteiger partial charge in [-0.15, -0.1) is 11.3 Å². The van der Waals surface area contributed by atoms with Gasteiger partial charge in [-0.1, -0.05) is 49.7 Å². The summed E-state index contributed by atoms with van der Waals surface area (Å²) in [4.78, 5) is 39.5. The van der Waals surface area contributed by atoms with Crippen LogP contribution in [0.15, 0.2) is 70.5 Å².